The van der Waals surface area contributed by atoms with Crippen LogP contribution in [0.25, 0.3) is 0 Å². The first-order valence-electron chi connectivity index (χ1n) is 7.95. The number of rotatable bonds is 3. The molecule has 4 heteroatoms. The van der Waals surface area contributed by atoms with Crippen LogP contribution in [0.2, 0.25) is 0 Å². The van der Waals surface area contributed by atoms with E-state index >= 15 is 0 Å². The third kappa shape index (κ3) is 2.51. The van der Waals surface area contributed by atoms with Crippen molar-refractivity contribution in [2.75, 3.05) is 0 Å². The van der Waals surface area contributed by atoms with E-state index in [4.69, 9.17) is 4.74 Å². The van der Waals surface area contributed by atoms with Crippen molar-refractivity contribution in [2.24, 2.45) is 0 Å². The Kier molecular flexibility index (Phi) is 3.87. The fourth-order valence-electron chi connectivity index (χ4n) is 3.92. The molecule has 1 aliphatic carbocycles. The summed E-state index contributed by atoms with van der Waals surface area (Å²) >= 11 is 0. The molecular weight excluding hydrogens is 252 g/mol. The second kappa shape index (κ2) is 5.49. The number of aromatic nitrogens is 2. The minimum atomic E-state index is 0.0765. The Morgan fingerprint density at radius 1 is 1.25 bits per heavy atom. The molecule has 20 heavy (non-hydrogen) atoms. The third-order valence-corrected chi connectivity index (χ3v) is 5.17. The predicted molar refractivity (Wildman–Crippen MR) is 77.5 cm³/mol. The molecule has 1 atom stereocenters. The lowest BCUT2D eigenvalue weighted by atomic mass is 9.83. The average molecular weight is 278 g/mol. The van der Waals surface area contributed by atoms with Crippen molar-refractivity contribution >= 4 is 0 Å². The first-order chi connectivity index (χ1) is 9.63. The summed E-state index contributed by atoms with van der Waals surface area (Å²) in [5.41, 5.74) is 3.17. The quantitative estimate of drug-likeness (QED) is 0.925. The molecule has 3 rings (SSSR count). The number of aliphatic hydroxyl groups excluding tert-OH is 1. The maximum Gasteiger partial charge on any atom is 0.0779 e. The van der Waals surface area contributed by atoms with Crippen LogP contribution >= 0.6 is 0 Å². The van der Waals surface area contributed by atoms with Gasteiger partial charge in [-0.1, -0.05) is 19.3 Å². The Hall–Kier alpha value is -0.870. The fraction of sp³-hybridized carbons (Fsp3) is 0.812. The van der Waals surface area contributed by atoms with E-state index in [0.29, 0.717) is 0 Å². The highest BCUT2D eigenvalue weighted by Gasteiger charge is 2.40. The van der Waals surface area contributed by atoms with Crippen LogP contribution in [0.15, 0.2) is 0 Å². The second-order valence-corrected chi connectivity index (χ2v) is 6.51. The van der Waals surface area contributed by atoms with Crippen LogP contribution in [0, 0.1) is 13.8 Å². The Bertz CT molecular complexity index is 475. The highest BCUT2D eigenvalue weighted by atomic mass is 16.5. The number of hydrogen-bond donors (Lipinski definition) is 1. The number of hydrogen-bond acceptors (Lipinski definition) is 3. The monoisotopic (exact) mass is 278 g/mol. The van der Waals surface area contributed by atoms with Gasteiger partial charge < -0.3 is 9.84 Å². The largest absolute Gasteiger partial charge is 0.392 e. The molecule has 112 valence electrons. The minimum Gasteiger partial charge on any atom is -0.392 e. The lowest BCUT2D eigenvalue weighted by Gasteiger charge is -2.33. The van der Waals surface area contributed by atoms with Gasteiger partial charge in [0.05, 0.1) is 30.6 Å². The molecular formula is C16H26N2O2. The molecule has 1 aromatic rings. The zero-order chi connectivity index (χ0) is 14.2. The highest BCUT2D eigenvalue weighted by molar-refractivity contribution is 5.23. The summed E-state index contributed by atoms with van der Waals surface area (Å²) in [4.78, 5) is 0. The minimum absolute atomic E-state index is 0.0765. The van der Waals surface area contributed by atoms with E-state index in [9.17, 15) is 5.11 Å². The Balaban J connectivity index is 1.67. The van der Waals surface area contributed by atoms with Gasteiger partial charge in [0.25, 0.3) is 0 Å². The average Bonchev–Trinajstić information content (AvgIpc) is 2.93. The number of aliphatic hydroxyl groups is 1. The van der Waals surface area contributed by atoms with Crippen molar-refractivity contribution < 1.29 is 9.84 Å². The molecule has 1 saturated heterocycles. The molecule has 2 fully saturated rings. The number of aryl methyl sites for hydroxylation is 1. The van der Waals surface area contributed by atoms with Gasteiger partial charge in [0.15, 0.2) is 0 Å². The maximum atomic E-state index is 9.39. The molecule has 0 amide bonds. The summed E-state index contributed by atoms with van der Waals surface area (Å²) in [6, 6.07) is 0. The van der Waals surface area contributed by atoms with Gasteiger partial charge in [-0.2, -0.15) is 5.10 Å². The van der Waals surface area contributed by atoms with Gasteiger partial charge in [-0.25, -0.2) is 0 Å². The molecule has 1 spiro atoms. The smallest absolute Gasteiger partial charge is 0.0779 e. The van der Waals surface area contributed by atoms with E-state index in [1.165, 1.54) is 38.5 Å². The van der Waals surface area contributed by atoms with Gasteiger partial charge in [0.2, 0.25) is 0 Å². The maximum absolute atomic E-state index is 9.39. The summed E-state index contributed by atoms with van der Waals surface area (Å²) in [6.07, 6.45) is 9.13. The van der Waals surface area contributed by atoms with Gasteiger partial charge in [-0.05, 0) is 39.5 Å². The van der Waals surface area contributed by atoms with Gasteiger partial charge in [-0.3, -0.25) is 4.68 Å². The summed E-state index contributed by atoms with van der Waals surface area (Å²) in [5.74, 6) is 0. The van der Waals surface area contributed by atoms with Crippen LogP contribution in [0.3, 0.4) is 0 Å². The van der Waals surface area contributed by atoms with Crippen molar-refractivity contribution in [3.63, 3.8) is 0 Å². The second-order valence-electron chi connectivity index (χ2n) is 6.51. The fourth-order valence-corrected chi connectivity index (χ4v) is 3.92. The molecule has 1 unspecified atom stereocenters. The highest BCUT2D eigenvalue weighted by Crippen LogP contribution is 2.42. The number of nitrogens with zero attached hydrogens (tertiary/aromatic N) is 2. The Morgan fingerprint density at radius 2 is 2.00 bits per heavy atom. The molecule has 1 saturated carbocycles. The first kappa shape index (κ1) is 14.1. The summed E-state index contributed by atoms with van der Waals surface area (Å²) in [6.45, 7) is 4.91. The first-order valence-corrected chi connectivity index (χ1v) is 7.95. The van der Waals surface area contributed by atoms with E-state index < -0.39 is 0 Å². The van der Waals surface area contributed by atoms with E-state index in [1.54, 1.807) is 0 Å². The molecule has 0 radical (unpaired) electrons. The molecule has 0 aromatic carbocycles. The Morgan fingerprint density at radius 3 is 2.65 bits per heavy atom. The van der Waals surface area contributed by atoms with Crippen LogP contribution < -0.4 is 0 Å². The third-order valence-electron chi connectivity index (χ3n) is 5.17. The molecule has 1 aromatic heterocycles. The van der Waals surface area contributed by atoms with Gasteiger partial charge >= 0.3 is 0 Å². The van der Waals surface area contributed by atoms with E-state index in [2.05, 4.69) is 5.10 Å². The molecule has 1 N–H and O–H groups in total. The standard InChI is InChI=1S/C16H26N2O2/c1-12-15(11-19)13(2)18(17-12)10-14-6-9-16(20-14)7-4-3-5-8-16/h14,19H,3-11H2,1-2H3. The molecule has 2 aliphatic rings. The summed E-state index contributed by atoms with van der Waals surface area (Å²) in [5, 5.41) is 13.9. The molecule has 1 aliphatic heterocycles. The summed E-state index contributed by atoms with van der Waals surface area (Å²) < 4.78 is 8.43. The van der Waals surface area contributed by atoms with Crippen molar-refractivity contribution in [3.05, 3.63) is 17.0 Å². The van der Waals surface area contributed by atoms with Crippen LogP contribution in [0.4, 0.5) is 0 Å². The zero-order valence-corrected chi connectivity index (χ0v) is 12.7. The van der Waals surface area contributed by atoms with Gasteiger partial charge in [0, 0.05) is 11.3 Å². The van der Waals surface area contributed by atoms with E-state index in [1.807, 2.05) is 18.5 Å². The normalized spacial score (nSPS) is 25.4. The lowest BCUT2D eigenvalue weighted by molar-refractivity contribution is -0.0690. The zero-order valence-electron chi connectivity index (χ0n) is 12.7. The lowest BCUT2D eigenvalue weighted by Crippen LogP contribution is -2.32. The van der Waals surface area contributed by atoms with Crippen molar-refractivity contribution in [1.29, 1.82) is 0 Å². The van der Waals surface area contributed by atoms with Crippen LogP contribution in [-0.4, -0.2) is 26.6 Å². The van der Waals surface area contributed by atoms with Crippen LogP contribution in [0.5, 0.6) is 0 Å². The number of ether oxygens (including phenoxy) is 1. The Labute approximate surface area is 121 Å². The van der Waals surface area contributed by atoms with Crippen molar-refractivity contribution in [3.8, 4) is 0 Å². The van der Waals surface area contributed by atoms with Crippen LogP contribution in [-0.2, 0) is 17.9 Å². The van der Waals surface area contributed by atoms with Gasteiger partial charge in [0.1, 0.15) is 0 Å². The predicted octanol–water partition coefficient (Wildman–Crippen LogP) is 2.87. The topological polar surface area (TPSA) is 47.3 Å². The van der Waals surface area contributed by atoms with Crippen molar-refractivity contribution in [1.82, 2.24) is 9.78 Å². The van der Waals surface area contributed by atoms with Gasteiger partial charge in [-0.15, -0.1) is 0 Å². The van der Waals surface area contributed by atoms with E-state index in [-0.39, 0.29) is 18.3 Å². The SMILES string of the molecule is Cc1nn(CC2CCC3(CCCCC3)O2)c(C)c1CO. The van der Waals surface area contributed by atoms with E-state index in [0.717, 1.165) is 29.9 Å². The molecule has 0 bridgehead atoms. The molecule has 2 heterocycles. The molecule has 4 nitrogen and oxygen atoms in total. The van der Waals surface area contributed by atoms with Crippen molar-refractivity contribution in [2.45, 2.75) is 83.6 Å². The van der Waals surface area contributed by atoms with Crippen LogP contribution in [0.1, 0.15) is 61.9 Å². The summed E-state index contributed by atoms with van der Waals surface area (Å²) in [7, 11) is 0.